The van der Waals surface area contributed by atoms with E-state index in [9.17, 15) is 13.2 Å². The second kappa shape index (κ2) is 5.13. The molecule has 0 saturated heterocycles. The summed E-state index contributed by atoms with van der Waals surface area (Å²) >= 11 is 6.01. The first kappa shape index (κ1) is 13.7. The second-order valence-corrected chi connectivity index (χ2v) is 4.39. The van der Waals surface area contributed by atoms with Crippen LogP contribution in [0.3, 0.4) is 0 Å². The van der Waals surface area contributed by atoms with Gasteiger partial charge in [0.1, 0.15) is 5.75 Å². The maximum Gasteiger partial charge on any atom is 0.573 e. The number of alkyl halides is 3. The van der Waals surface area contributed by atoms with Crippen molar-refractivity contribution in [3.63, 3.8) is 0 Å². The molecule has 1 nitrogen and oxygen atoms in total. The summed E-state index contributed by atoms with van der Waals surface area (Å²) in [6.07, 6.45) is -4.67. The van der Waals surface area contributed by atoms with Crippen LogP contribution < -0.4 is 4.74 Å². The Hall–Kier alpha value is -1.68. The van der Waals surface area contributed by atoms with E-state index in [-0.39, 0.29) is 5.75 Å². The van der Waals surface area contributed by atoms with Gasteiger partial charge in [0, 0.05) is 5.02 Å². The predicted octanol–water partition coefficient (Wildman–Crippen LogP) is 5.21. The third-order valence-electron chi connectivity index (χ3n) is 2.67. The number of rotatable bonds is 2. The van der Waals surface area contributed by atoms with Crippen molar-refractivity contribution in [3.8, 4) is 16.9 Å². The fourth-order valence-corrected chi connectivity index (χ4v) is 1.93. The van der Waals surface area contributed by atoms with Crippen molar-refractivity contribution < 1.29 is 17.9 Å². The fraction of sp³-hybridized carbons (Fsp3) is 0.143. The summed E-state index contributed by atoms with van der Waals surface area (Å²) in [5.41, 5.74) is 2.55. The van der Waals surface area contributed by atoms with Gasteiger partial charge in [-0.05, 0) is 41.8 Å². The van der Waals surface area contributed by atoms with Gasteiger partial charge in [-0.1, -0.05) is 35.9 Å². The molecule has 0 saturated carbocycles. The summed E-state index contributed by atoms with van der Waals surface area (Å²) in [5, 5.41) is 0.619. The number of halogens is 4. The van der Waals surface area contributed by atoms with E-state index in [2.05, 4.69) is 4.74 Å². The van der Waals surface area contributed by atoms with Crippen LogP contribution in [0.25, 0.3) is 11.1 Å². The van der Waals surface area contributed by atoms with Crippen molar-refractivity contribution in [2.24, 2.45) is 0 Å². The lowest BCUT2D eigenvalue weighted by atomic mass is 10.0. The highest BCUT2D eigenvalue weighted by molar-refractivity contribution is 6.31. The van der Waals surface area contributed by atoms with Crippen LogP contribution in [0.2, 0.25) is 5.02 Å². The van der Waals surface area contributed by atoms with E-state index in [0.717, 1.165) is 16.7 Å². The number of hydrogen-bond acceptors (Lipinski definition) is 1. The lowest BCUT2D eigenvalue weighted by Gasteiger charge is -2.11. The maximum atomic E-state index is 12.0. The van der Waals surface area contributed by atoms with E-state index in [0.29, 0.717) is 5.02 Å². The summed E-state index contributed by atoms with van der Waals surface area (Å²) in [4.78, 5) is 0. The normalized spacial score (nSPS) is 11.4. The van der Waals surface area contributed by atoms with Crippen LogP contribution in [-0.4, -0.2) is 6.36 Å². The fourth-order valence-electron chi connectivity index (χ4n) is 1.76. The highest BCUT2D eigenvalue weighted by atomic mass is 35.5. The van der Waals surface area contributed by atoms with Gasteiger partial charge in [0.05, 0.1) is 0 Å². The molecule has 0 unspecified atom stereocenters. The molecule has 0 radical (unpaired) electrons. The van der Waals surface area contributed by atoms with Gasteiger partial charge in [0.2, 0.25) is 0 Å². The molecule has 2 aromatic rings. The molecule has 0 aliphatic carbocycles. The van der Waals surface area contributed by atoms with Gasteiger partial charge < -0.3 is 4.74 Å². The van der Waals surface area contributed by atoms with Crippen LogP contribution in [-0.2, 0) is 0 Å². The van der Waals surface area contributed by atoms with Crippen LogP contribution in [0.15, 0.2) is 42.5 Å². The molecule has 2 rings (SSSR count). The molecule has 0 aliphatic heterocycles. The Labute approximate surface area is 113 Å². The Morgan fingerprint density at radius 1 is 1.00 bits per heavy atom. The van der Waals surface area contributed by atoms with E-state index >= 15 is 0 Å². The first-order valence-electron chi connectivity index (χ1n) is 5.48. The topological polar surface area (TPSA) is 9.23 Å². The van der Waals surface area contributed by atoms with Gasteiger partial charge in [0.15, 0.2) is 0 Å². The van der Waals surface area contributed by atoms with Gasteiger partial charge in [-0.25, -0.2) is 0 Å². The summed E-state index contributed by atoms with van der Waals surface area (Å²) in [6, 6.07) is 11.1. The second-order valence-electron chi connectivity index (χ2n) is 3.98. The summed E-state index contributed by atoms with van der Waals surface area (Å²) in [6.45, 7) is 1.86. The minimum absolute atomic E-state index is 0.240. The predicted molar refractivity (Wildman–Crippen MR) is 68.3 cm³/mol. The Kier molecular flexibility index (Phi) is 3.71. The molecular formula is C14H10ClF3O. The van der Waals surface area contributed by atoms with Crippen LogP contribution >= 0.6 is 11.6 Å². The van der Waals surface area contributed by atoms with E-state index in [1.54, 1.807) is 24.3 Å². The van der Waals surface area contributed by atoms with Crippen molar-refractivity contribution in [1.29, 1.82) is 0 Å². The summed E-state index contributed by atoms with van der Waals surface area (Å²) < 4.78 is 39.9. The average Bonchev–Trinajstić information content (AvgIpc) is 2.32. The maximum absolute atomic E-state index is 12.0. The standard InChI is InChI=1S/C14H10ClF3O/c1-9-12(3-2-4-13(9)15)10-5-7-11(8-6-10)19-14(16,17)18/h2-8H,1H3. The molecule has 19 heavy (non-hydrogen) atoms. The molecule has 0 atom stereocenters. The monoisotopic (exact) mass is 286 g/mol. The first-order chi connectivity index (χ1) is 8.87. The van der Waals surface area contributed by atoms with Gasteiger partial charge in [-0.3, -0.25) is 0 Å². The van der Waals surface area contributed by atoms with E-state index in [4.69, 9.17) is 11.6 Å². The quantitative estimate of drug-likeness (QED) is 0.736. The van der Waals surface area contributed by atoms with Crippen molar-refractivity contribution in [2.75, 3.05) is 0 Å². The van der Waals surface area contributed by atoms with E-state index in [1.807, 2.05) is 13.0 Å². The van der Waals surface area contributed by atoms with Crippen LogP contribution in [0.4, 0.5) is 13.2 Å². The Balaban J connectivity index is 2.30. The zero-order valence-electron chi connectivity index (χ0n) is 9.96. The molecule has 0 spiro atoms. The summed E-state index contributed by atoms with van der Waals surface area (Å²) in [7, 11) is 0. The minimum atomic E-state index is -4.67. The zero-order valence-corrected chi connectivity index (χ0v) is 10.7. The van der Waals surface area contributed by atoms with Gasteiger partial charge in [-0.15, -0.1) is 13.2 Å². The number of benzene rings is 2. The lowest BCUT2D eigenvalue weighted by molar-refractivity contribution is -0.274. The van der Waals surface area contributed by atoms with Gasteiger partial charge >= 0.3 is 6.36 Å². The molecule has 5 heteroatoms. The molecule has 2 aromatic carbocycles. The molecule has 0 aromatic heterocycles. The Bertz CT molecular complexity index is 576. The molecule has 0 aliphatic rings. The first-order valence-corrected chi connectivity index (χ1v) is 5.86. The lowest BCUT2D eigenvalue weighted by Crippen LogP contribution is -2.16. The molecule has 0 heterocycles. The van der Waals surface area contributed by atoms with Gasteiger partial charge in [0.25, 0.3) is 0 Å². The van der Waals surface area contributed by atoms with Crippen LogP contribution in [0.5, 0.6) is 5.75 Å². The smallest absolute Gasteiger partial charge is 0.406 e. The molecule has 0 N–H and O–H groups in total. The van der Waals surface area contributed by atoms with E-state index < -0.39 is 6.36 Å². The molecule has 0 amide bonds. The highest BCUT2D eigenvalue weighted by Crippen LogP contribution is 2.30. The molecular weight excluding hydrogens is 277 g/mol. The zero-order chi connectivity index (χ0) is 14.0. The van der Waals surface area contributed by atoms with Crippen LogP contribution in [0, 0.1) is 6.92 Å². The third kappa shape index (κ3) is 3.41. The van der Waals surface area contributed by atoms with Crippen molar-refractivity contribution in [3.05, 3.63) is 53.1 Å². The highest BCUT2D eigenvalue weighted by Gasteiger charge is 2.30. The van der Waals surface area contributed by atoms with Crippen LogP contribution in [0.1, 0.15) is 5.56 Å². The molecule has 0 bridgehead atoms. The summed E-state index contributed by atoms with van der Waals surface area (Å²) in [5.74, 6) is -0.240. The average molecular weight is 287 g/mol. The van der Waals surface area contributed by atoms with E-state index in [1.165, 1.54) is 12.1 Å². The van der Waals surface area contributed by atoms with Gasteiger partial charge in [-0.2, -0.15) is 0 Å². The Morgan fingerprint density at radius 2 is 1.63 bits per heavy atom. The molecule has 100 valence electrons. The third-order valence-corrected chi connectivity index (χ3v) is 3.08. The van der Waals surface area contributed by atoms with Crippen molar-refractivity contribution >= 4 is 11.6 Å². The number of hydrogen-bond donors (Lipinski definition) is 0. The Morgan fingerprint density at radius 3 is 2.21 bits per heavy atom. The van der Waals surface area contributed by atoms with Crippen molar-refractivity contribution in [2.45, 2.75) is 13.3 Å². The minimum Gasteiger partial charge on any atom is -0.406 e. The largest absolute Gasteiger partial charge is 0.573 e. The SMILES string of the molecule is Cc1c(Cl)cccc1-c1ccc(OC(F)(F)F)cc1. The number of ether oxygens (including phenoxy) is 1. The molecule has 0 fully saturated rings. The van der Waals surface area contributed by atoms with Crippen molar-refractivity contribution in [1.82, 2.24) is 0 Å².